The second-order valence-corrected chi connectivity index (χ2v) is 3.39. The molecule has 0 aliphatic heterocycles. The lowest BCUT2D eigenvalue weighted by atomic mass is 10.1. The van der Waals surface area contributed by atoms with E-state index in [4.69, 9.17) is 0 Å². The van der Waals surface area contributed by atoms with Gasteiger partial charge in [0.05, 0.1) is 0 Å². The van der Waals surface area contributed by atoms with E-state index >= 15 is 0 Å². The molecular formula is C12H14O2. The zero-order chi connectivity index (χ0) is 10.4. The highest BCUT2D eigenvalue weighted by Crippen LogP contribution is 2.06. The van der Waals surface area contributed by atoms with Gasteiger partial charge >= 0.3 is 0 Å². The predicted molar refractivity (Wildman–Crippen MR) is 55.2 cm³/mol. The molecule has 0 atom stereocenters. The third-order valence-corrected chi connectivity index (χ3v) is 2.11. The standard InChI is InChI=1S/C12H14O2/c1-10(14)2-3-11-4-6-12(7-5-11)8-9-13/h4-7,9H,2-3,8H2,1H3. The Hall–Kier alpha value is -1.44. The summed E-state index contributed by atoms with van der Waals surface area (Å²) >= 11 is 0. The molecule has 0 bridgehead atoms. The Morgan fingerprint density at radius 3 is 2.29 bits per heavy atom. The summed E-state index contributed by atoms with van der Waals surface area (Å²) in [5, 5.41) is 0. The van der Waals surface area contributed by atoms with Crippen LogP contribution in [0.1, 0.15) is 24.5 Å². The normalized spacial score (nSPS) is 9.79. The highest BCUT2D eigenvalue weighted by Gasteiger charge is 1.97. The molecule has 14 heavy (non-hydrogen) atoms. The Bertz CT molecular complexity index is 312. The van der Waals surface area contributed by atoms with Gasteiger partial charge in [0.25, 0.3) is 0 Å². The SMILES string of the molecule is CC(=O)CCc1ccc(CC=O)cc1. The Labute approximate surface area is 83.9 Å². The number of ketones is 1. The van der Waals surface area contributed by atoms with Crippen molar-refractivity contribution < 1.29 is 9.59 Å². The first-order chi connectivity index (χ1) is 6.72. The Morgan fingerprint density at radius 2 is 1.79 bits per heavy atom. The van der Waals surface area contributed by atoms with Crippen LogP contribution in [-0.2, 0) is 22.4 Å². The lowest BCUT2D eigenvalue weighted by molar-refractivity contribution is -0.117. The summed E-state index contributed by atoms with van der Waals surface area (Å²) in [7, 11) is 0. The minimum Gasteiger partial charge on any atom is -0.303 e. The monoisotopic (exact) mass is 190 g/mol. The first-order valence-corrected chi connectivity index (χ1v) is 4.73. The molecule has 1 aromatic rings. The van der Waals surface area contributed by atoms with Crippen LogP contribution >= 0.6 is 0 Å². The molecule has 0 amide bonds. The van der Waals surface area contributed by atoms with E-state index in [1.165, 1.54) is 0 Å². The molecule has 1 rings (SSSR count). The summed E-state index contributed by atoms with van der Waals surface area (Å²) in [4.78, 5) is 21.0. The highest BCUT2D eigenvalue weighted by atomic mass is 16.1. The van der Waals surface area contributed by atoms with Gasteiger partial charge in [-0.15, -0.1) is 0 Å². The van der Waals surface area contributed by atoms with Crippen molar-refractivity contribution in [2.75, 3.05) is 0 Å². The van der Waals surface area contributed by atoms with Crippen molar-refractivity contribution in [2.45, 2.75) is 26.2 Å². The van der Waals surface area contributed by atoms with Crippen LogP contribution in [0.15, 0.2) is 24.3 Å². The molecule has 0 aliphatic rings. The summed E-state index contributed by atoms with van der Waals surface area (Å²) < 4.78 is 0. The molecule has 0 heterocycles. The van der Waals surface area contributed by atoms with Crippen LogP contribution in [0.4, 0.5) is 0 Å². The fraction of sp³-hybridized carbons (Fsp3) is 0.333. The van der Waals surface area contributed by atoms with Crippen LogP contribution in [0.3, 0.4) is 0 Å². The Balaban J connectivity index is 2.54. The van der Waals surface area contributed by atoms with Crippen LogP contribution in [0.25, 0.3) is 0 Å². The quantitative estimate of drug-likeness (QED) is 0.665. The van der Waals surface area contributed by atoms with Crippen molar-refractivity contribution in [3.63, 3.8) is 0 Å². The average Bonchev–Trinajstić information content (AvgIpc) is 2.17. The number of hydrogen-bond acceptors (Lipinski definition) is 2. The minimum absolute atomic E-state index is 0.210. The van der Waals surface area contributed by atoms with Crippen LogP contribution in [0.5, 0.6) is 0 Å². The largest absolute Gasteiger partial charge is 0.303 e. The molecule has 0 saturated carbocycles. The molecule has 0 spiro atoms. The van der Waals surface area contributed by atoms with Gasteiger partial charge in [-0.1, -0.05) is 24.3 Å². The van der Waals surface area contributed by atoms with Gasteiger partial charge in [0, 0.05) is 12.8 Å². The molecule has 0 fully saturated rings. The molecule has 2 heteroatoms. The third-order valence-electron chi connectivity index (χ3n) is 2.11. The number of aryl methyl sites for hydroxylation is 1. The van der Waals surface area contributed by atoms with Gasteiger partial charge in [-0.3, -0.25) is 0 Å². The summed E-state index contributed by atoms with van der Waals surface area (Å²) in [6, 6.07) is 7.82. The minimum atomic E-state index is 0.210. The van der Waals surface area contributed by atoms with Crippen LogP contribution in [-0.4, -0.2) is 12.1 Å². The number of carbonyl (C=O) groups excluding carboxylic acids is 2. The molecule has 0 N–H and O–H groups in total. The van der Waals surface area contributed by atoms with Crippen molar-refractivity contribution in [3.05, 3.63) is 35.4 Å². The van der Waals surface area contributed by atoms with E-state index in [2.05, 4.69) is 0 Å². The van der Waals surface area contributed by atoms with E-state index in [1.807, 2.05) is 24.3 Å². The van der Waals surface area contributed by atoms with Gasteiger partial charge in [0.2, 0.25) is 0 Å². The average molecular weight is 190 g/mol. The smallest absolute Gasteiger partial charge is 0.130 e. The van der Waals surface area contributed by atoms with Gasteiger partial charge in [-0.05, 0) is 24.5 Å². The van der Waals surface area contributed by atoms with Crippen molar-refractivity contribution in [2.24, 2.45) is 0 Å². The lowest BCUT2D eigenvalue weighted by Gasteiger charge is -2.00. The van der Waals surface area contributed by atoms with E-state index in [1.54, 1.807) is 6.92 Å². The predicted octanol–water partition coefficient (Wildman–Crippen LogP) is 1.95. The number of aldehydes is 1. The third kappa shape index (κ3) is 3.52. The lowest BCUT2D eigenvalue weighted by Crippen LogP contribution is -1.94. The first-order valence-electron chi connectivity index (χ1n) is 4.73. The van der Waals surface area contributed by atoms with Gasteiger partial charge in [0.15, 0.2) is 0 Å². The van der Waals surface area contributed by atoms with E-state index in [-0.39, 0.29) is 5.78 Å². The summed E-state index contributed by atoms with van der Waals surface area (Å²) in [6.45, 7) is 1.60. The first kappa shape index (κ1) is 10.6. The Morgan fingerprint density at radius 1 is 1.21 bits per heavy atom. The topological polar surface area (TPSA) is 34.1 Å². The van der Waals surface area contributed by atoms with Gasteiger partial charge in [-0.25, -0.2) is 0 Å². The van der Waals surface area contributed by atoms with Gasteiger partial charge < -0.3 is 9.59 Å². The summed E-state index contributed by atoms with van der Waals surface area (Å²) in [6.07, 6.45) is 2.74. The number of rotatable bonds is 5. The molecule has 0 unspecified atom stereocenters. The molecule has 0 aromatic heterocycles. The number of carbonyl (C=O) groups is 2. The van der Waals surface area contributed by atoms with E-state index < -0.39 is 0 Å². The maximum Gasteiger partial charge on any atom is 0.130 e. The van der Waals surface area contributed by atoms with Gasteiger partial charge in [-0.2, -0.15) is 0 Å². The molecule has 0 saturated heterocycles. The van der Waals surface area contributed by atoms with E-state index in [0.29, 0.717) is 12.8 Å². The van der Waals surface area contributed by atoms with Crippen molar-refractivity contribution in [3.8, 4) is 0 Å². The van der Waals surface area contributed by atoms with Crippen LogP contribution in [0.2, 0.25) is 0 Å². The maximum atomic E-state index is 10.7. The zero-order valence-corrected chi connectivity index (χ0v) is 8.32. The molecule has 0 aliphatic carbocycles. The van der Waals surface area contributed by atoms with Crippen molar-refractivity contribution in [1.82, 2.24) is 0 Å². The zero-order valence-electron chi connectivity index (χ0n) is 8.32. The fourth-order valence-electron chi connectivity index (χ4n) is 1.26. The highest BCUT2D eigenvalue weighted by molar-refractivity contribution is 5.75. The number of hydrogen-bond donors (Lipinski definition) is 0. The molecule has 74 valence electrons. The number of Topliss-reactive ketones (excluding diaryl/α,β-unsaturated/α-hetero) is 1. The van der Waals surface area contributed by atoms with Crippen LogP contribution in [0, 0.1) is 0 Å². The summed E-state index contributed by atoms with van der Waals surface area (Å²) in [5.74, 6) is 0.210. The second-order valence-electron chi connectivity index (χ2n) is 3.39. The van der Waals surface area contributed by atoms with Crippen molar-refractivity contribution in [1.29, 1.82) is 0 Å². The van der Waals surface area contributed by atoms with Crippen LogP contribution < -0.4 is 0 Å². The summed E-state index contributed by atoms with van der Waals surface area (Å²) in [5.41, 5.74) is 2.17. The number of benzene rings is 1. The van der Waals surface area contributed by atoms with Gasteiger partial charge in [0.1, 0.15) is 12.1 Å². The second kappa shape index (κ2) is 5.32. The maximum absolute atomic E-state index is 10.7. The molecule has 0 radical (unpaired) electrons. The fourth-order valence-corrected chi connectivity index (χ4v) is 1.26. The van der Waals surface area contributed by atoms with Crippen molar-refractivity contribution >= 4 is 12.1 Å². The van der Waals surface area contributed by atoms with E-state index in [9.17, 15) is 9.59 Å². The molecular weight excluding hydrogens is 176 g/mol. The molecule has 1 aromatic carbocycles. The Kier molecular flexibility index (Phi) is 4.05. The van der Waals surface area contributed by atoms with E-state index in [0.717, 1.165) is 23.8 Å². The molecule has 2 nitrogen and oxygen atoms in total.